The third kappa shape index (κ3) is 65.0. The van der Waals surface area contributed by atoms with Gasteiger partial charge in [-0.1, -0.05) is 6.92 Å². The fourth-order valence-electron chi connectivity index (χ4n) is 0. The first-order valence-corrected chi connectivity index (χ1v) is 1.21. The molecule has 0 unspecified atom stereocenters. The van der Waals surface area contributed by atoms with Crippen LogP contribution >= 0.6 is 0 Å². The molecule has 0 heterocycles. The third-order valence-corrected chi connectivity index (χ3v) is 0. The van der Waals surface area contributed by atoms with E-state index in [1.807, 2.05) is 6.92 Å². The smallest absolute Gasteiger partial charge is 0.358 e. The molecule has 31 valence electrons. The molecule has 0 aromatic heterocycles. The second kappa shape index (κ2) is 21.9. The van der Waals surface area contributed by atoms with Crippen molar-refractivity contribution in [3.8, 4) is 0 Å². The minimum atomic E-state index is 0. The summed E-state index contributed by atoms with van der Waals surface area (Å²) in [6.45, 7) is 5.50. The number of hydrogen-bond donors (Lipinski definition) is 0. The largest absolute Gasteiger partial charge is 2.00 e. The van der Waals surface area contributed by atoms with Crippen LogP contribution in [0.3, 0.4) is 0 Å². The Bertz CT molecular complexity index is 3.61. The normalized spacial score (nSPS) is 3.60. The summed E-state index contributed by atoms with van der Waals surface area (Å²) in [5, 5.41) is 0. The summed E-state index contributed by atoms with van der Waals surface area (Å²) < 4.78 is 0. The van der Waals surface area contributed by atoms with Crippen LogP contribution in [-0.4, -0.2) is 0 Å². The molecule has 1 radical (unpaired) electrons. The zero-order valence-electron chi connectivity index (χ0n) is 3.86. The van der Waals surface area contributed by atoms with Crippen molar-refractivity contribution in [3.63, 3.8) is 0 Å². The van der Waals surface area contributed by atoms with Gasteiger partial charge in [0, 0.05) is 0 Å². The van der Waals surface area contributed by atoms with E-state index >= 15 is 0 Å². The van der Waals surface area contributed by atoms with E-state index < -0.39 is 0 Å². The fraction of sp³-hybridized carbons (Fsp3) is 0.500. The Kier molecular flexibility index (Phi) is 75.2. The Morgan fingerprint density at radius 3 is 1.60 bits per heavy atom. The Hall–Kier alpha value is 0.740. The zero-order chi connectivity index (χ0) is 2.71. The molecule has 0 spiro atoms. The van der Waals surface area contributed by atoms with Gasteiger partial charge in [-0.05, 0) is 0 Å². The maximum absolute atomic E-state index is 3.49. The van der Waals surface area contributed by atoms with Crippen molar-refractivity contribution in [2.45, 2.75) is 13.3 Å². The van der Waals surface area contributed by atoms with Gasteiger partial charge in [0.2, 0.25) is 0 Å². The van der Waals surface area contributed by atoms with Crippen molar-refractivity contribution in [2.75, 3.05) is 0 Å². The molecule has 0 aliphatic rings. The van der Waals surface area contributed by atoms with E-state index in [1.165, 1.54) is 0 Å². The first-order chi connectivity index (χ1) is 1.41. The van der Waals surface area contributed by atoms with Gasteiger partial charge in [0.15, 0.2) is 0 Å². The second-order valence-corrected chi connectivity index (χ2v) is 0.500. The topological polar surface area (TPSA) is 0 Å². The molecule has 0 saturated carbocycles. The minimum Gasteiger partial charge on any atom is -0.358 e. The maximum atomic E-state index is 3.49. The second-order valence-electron chi connectivity index (χ2n) is 0.500. The summed E-state index contributed by atoms with van der Waals surface area (Å²) in [6, 6.07) is 0. The Morgan fingerprint density at radius 1 is 1.60 bits per heavy atom. The first-order valence-electron chi connectivity index (χ1n) is 1.21. The van der Waals surface area contributed by atoms with Crippen LogP contribution in [0.2, 0.25) is 0 Å². The van der Waals surface area contributed by atoms with Gasteiger partial charge in [-0.15, -0.1) is 0 Å². The Labute approximate surface area is 50.5 Å². The molecule has 0 amide bonds. The molecule has 0 N–H and O–H groups in total. The van der Waals surface area contributed by atoms with E-state index in [1.54, 1.807) is 0 Å². The van der Waals surface area contributed by atoms with Gasteiger partial charge in [0.25, 0.3) is 0 Å². The van der Waals surface area contributed by atoms with Crippen molar-refractivity contribution < 1.29 is 22.4 Å². The van der Waals surface area contributed by atoms with Gasteiger partial charge in [-0.25, -0.2) is 0 Å². The van der Waals surface area contributed by atoms with E-state index in [9.17, 15) is 0 Å². The summed E-state index contributed by atoms with van der Waals surface area (Å²) in [5.74, 6) is 0. The van der Waals surface area contributed by atoms with Crippen LogP contribution in [0.15, 0.2) is 0 Å². The fourth-order valence-corrected chi connectivity index (χ4v) is 0. The van der Waals surface area contributed by atoms with E-state index in [0.717, 1.165) is 6.42 Å². The van der Waals surface area contributed by atoms with Crippen molar-refractivity contribution in [3.05, 3.63) is 14.4 Å². The Balaban J connectivity index is -0.0000000200. The predicted octanol–water partition coefficient (Wildman–Crippen LogP) is 1.68. The van der Waals surface area contributed by atoms with Crippen LogP contribution in [0, 0.1) is 14.4 Å². The van der Waals surface area contributed by atoms with E-state index in [0.29, 0.717) is 0 Å². The van der Waals surface area contributed by atoms with Crippen LogP contribution in [0.1, 0.15) is 13.3 Å². The molecule has 0 aromatic rings. The van der Waals surface area contributed by atoms with E-state index in [4.69, 9.17) is 0 Å². The molecule has 0 bridgehead atoms. The van der Waals surface area contributed by atoms with Crippen LogP contribution in [0.5, 0.6) is 0 Å². The molecule has 0 atom stereocenters. The average Bonchev–Trinajstić information content (AvgIpc) is 0.918. The van der Waals surface area contributed by atoms with Crippen LogP contribution < -0.4 is 0 Å². The minimum absolute atomic E-state index is 0. The van der Waals surface area contributed by atoms with Crippen LogP contribution in [-0.2, 0) is 22.4 Å². The predicted molar refractivity (Wildman–Crippen MR) is 22.1 cm³/mol. The molecule has 0 fully saturated rings. The van der Waals surface area contributed by atoms with Crippen molar-refractivity contribution in [2.24, 2.45) is 0 Å². The summed E-state index contributed by atoms with van der Waals surface area (Å²) >= 11 is 0. The summed E-state index contributed by atoms with van der Waals surface area (Å²) in [5.41, 5.74) is 0. The van der Waals surface area contributed by atoms with Gasteiger partial charge in [-0.2, -0.15) is 6.42 Å². The summed E-state index contributed by atoms with van der Waals surface area (Å²) in [6.07, 6.45) is 1.00. The molecule has 5 heavy (non-hydrogen) atoms. The number of rotatable bonds is 0. The van der Waals surface area contributed by atoms with Gasteiger partial charge in [0.05, 0.1) is 0 Å². The molecule has 0 rings (SSSR count). The monoisotopic (exact) mass is 239 g/mol. The molecule has 0 aliphatic heterocycles. The molecule has 0 saturated heterocycles. The van der Waals surface area contributed by atoms with E-state index in [2.05, 4.69) is 6.92 Å². The van der Waals surface area contributed by atoms with Crippen molar-refractivity contribution in [1.29, 1.82) is 0 Å². The quantitative estimate of drug-likeness (QED) is 0.564. The SMILES string of the molecule is [CH2-]CC.[CH3-].[Ta+2]. The zero-order valence-corrected chi connectivity index (χ0v) is 7.07. The van der Waals surface area contributed by atoms with Crippen molar-refractivity contribution in [1.82, 2.24) is 0 Å². The van der Waals surface area contributed by atoms with E-state index in [-0.39, 0.29) is 29.8 Å². The van der Waals surface area contributed by atoms with Crippen molar-refractivity contribution >= 4 is 0 Å². The molecule has 0 aliphatic carbocycles. The molecular weight excluding hydrogens is 229 g/mol. The van der Waals surface area contributed by atoms with Crippen LogP contribution in [0.25, 0.3) is 0 Å². The molecule has 0 aromatic carbocycles. The summed E-state index contributed by atoms with van der Waals surface area (Å²) in [4.78, 5) is 0. The average molecular weight is 239 g/mol. The maximum Gasteiger partial charge on any atom is 2.00 e. The first kappa shape index (κ1) is 17.2. The number of hydrogen-bond acceptors (Lipinski definition) is 0. The molecule has 1 heteroatoms. The van der Waals surface area contributed by atoms with Crippen LogP contribution in [0.4, 0.5) is 0 Å². The molecular formula is C4H10Ta. The van der Waals surface area contributed by atoms with Gasteiger partial charge < -0.3 is 14.4 Å². The standard InChI is InChI=1S/C3H7.CH3.Ta/c1-3-2;;/h1,3H2,2H3;1H3;/q2*-1;+2. The summed E-state index contributed by atoms with van der Waals surface area (Å²) in [7, 11) is 0. The van der Waals surface area contributed by atoms with Gasteiger partial charge in [0.1, 0.15) is 0 Å². The Morgan fingerprint density at radius 2 is 1.60 bits per heavy atom. The third-order valence-electron chi connectivity index (χ3n) is 0. The van der Waals surface area contributed by atoms with Gasteiger partial charge >= 0.3 is 22.4 Å². The molecule has 0 nitrogen and oxygen atoms in total. The van der Waals surface area contributed by atoms with Gasteiger partial charge in [-0.3, -0.25) is 0 Å².